The number of likely N-dealkylation sites (tertiary alicyclic amines) is 1. The summed E-state index contributed by atoms with van der Waals surface area (Å²) >= 11 is 0. The minimum absolute atomic E-state index is 0.0456. The molecule has 4 rings (SSSR count). The second-order valence-corrected chi connectivity index (χ2v) is 8.03. The number of amides is 1. The number of halogens is 2. The molecule has 0 radical (unpaired) electrons. The monoisotopic (exact) mass is 468 g/mol. The average molecular weight is 469 g/mol. The average Bonchev–Trinajstić information content (AvgIpc) is 2.85. The fraction of sp³-hybridized carbons (Fsp3) is 0.320. The number of pyridine rings is 2. The van der Waals surface area contributed by atoms with E-state index in [1.165, 1.54) is 12.3 Å². The van der Waals surface area contributed by atoms with Gasteiger partial charge in [0.2, 0.25) is 5.88 Å². The first-order valence-electron chi connectivity index (χ1n) is 11.1. The summed E-state index contributed by atoms with van der Waals surface area (Å²) in [7, 11) is 1.59. The molecule has 3 heterocycles. The van der Waals surface area contributed by atoms with Crippen molar-refractivity contribution in [2.24, 2.45) is 0 Å². The van der Waals surface area contributed by atoms with E-state index in [0.717, 1.165) is 73.7 Å². The van der Waals surface area contributed by atoms with Gasteiger partial charge in [0.1, 0.15) is 17.7 Å². The van der Waals surface area contributed by atoms with E-state index in [1.54, 1.807) is 19.4 Å². The molecule has 1 amide bonds. The zero-order valence-electron chi connectivity index (χ0n) is 18.8. The fourth-order valence-electron chi connectivity index (χ4n) is 3.93. The van der Waals surface area contributed by atoms with Gasteiger partial charge in [0.05, 0.1) is 18.1 Å². The minimum Gasteiger partial charge on any atom is -0.481 e. The van der Waals surface area contributed by atoms with Crippen LogP contribution in [0.25, 0.3) is 17.1 Å². The summed E-state index contributed by atoms with van der Waals surface area (Å²) in [6.45, 7) is 2.48. The van der Waals surface area contributed by atoms with E-state index >= 15 is 0 Å². The molecule has 1 aliphatic rings. The molecule has 34 heavy (non-hydrogen) atoms. The molecule has 0 atom stereocenters. The standard InChI is InChI=1S/C25H26F2N4O3/c1-33-23-5-4-22-24(30-23)17(6-11-28-22)8-13-31-14-9-20(10-15-31)34-25(32)29-12-7-18-16-19(26)2-3-21(18)27/h2-7,11-12,16,20H,8-10,13-15H2,1H3,(H,29,32). The summed E-state index contributed by atoms with van der Waals surface area (Å²) in [5, 5.41) is 2.44. The lowest BCUT2D eigenvalue weighted by molar-refractivity contribution is 0.0531. The SMILES string of the molecule is COc1ccc2nccc(CCN3CCC(OC(=O)NC=Cc4cc(F)ccc4F)CC3)c2n1. The third kappa shape index (κ3) is 6.05. The van der Waals surface area contributed by atoms with Crippen molar-refractivity contribution in [3.63, 3.8) is 0 Å². The molecule has 0 spiro atoms. The quantitative estimate of drug-likeness (QED) is 0.557. The second kappa shape index (κ2) is 11.0. The van der Waals surface area contributed by atoms with E-state index in [2.05, 4.69) is 20.2 Å². The Morgan fingerprint density at radius 2 is 2.03 bits per heavy atom. The van der Waals surface area contributed by atoms with Crippen LogP contribution < -0.4 is 10.1 Å². The molecule has 1 saturated heterocycles. The van der Waals surface area contributed by atoms with E-state index in [4.69, 9.17) is 9.47 Å². The highest BCUT2D eigenvalue weighted by atomic mass is 19.1. The van der Waals surface area contributed by atoms with Crippen molar-refractivity contribution in [1.82, 2.24) is 20.2 Å². The van der Waals surface area contributed by atoms with E-state index in [1.807, 2.05) is 12.1 Å². The molecule has 0 saturated carbocycles. The Kier molecular flexibility index (Phi) is 7.64. The highest BCUT2D eigenvalue weighted by Crippen LogP contribution is 2.20. The van der Waals surface area contributed by atoms with Crippen LogP contribution in [0.3, 0.4) is 0 Å². The van der Waals surface area contributed by atoms with Gasteiger partial charge in [-0.25, -0.2) is 18.6 Å². The summed E-state index contributed by atoms with van der Waals surface area (Å²) in [5.74, 6) is -0.563. The Morgan fingerprint density at radius 3 is 2.82 bits per heavy atom. The van der Waals surface area contributed by atoms with Crippen molar-refractivity contribution in [1.29, 1.82) is 0 Å². The van der Waals surface area contributed by atoms with Crippen molar-refractivity contribution < 1.29 is 23.0 Å². The molecule has 0 bridgehead atoms. The number of fused-ring (bicyclic) bond motifs is 1. The van der Waals surface area contributed by atoms with Gasteiger partial charge in [-0.1, -0.05) is 0 Å². The van der Waals surface area contributed by atoms with E-state index in [-0.39, 0.29) is 11.7 Å². The molecule has 7 nitrogen and oxygen atoms in total. The highest BCUT2D eigenvalue weighted by molar-refractivity contribution is 5.78. The number of carbonyl (C=O) groups is 1. The van der Waals surface area contributed by atoms with Gasteiger partial charge in [-0.15, -0.1) is 0 Å². The van der Waals surface area contributed by atoms with Crippen molar-refractivity contribution >= 4 is 23.2 Å². The van der Waals surface area contributed by atoms with Crippen LogP contribution in [0.2, 0.25) is 0 Å². The number of benzene rings is 1. The summed E-state index contributed by atoms with van der Waals surface area (Å²) in [6, 6.07) is 8.81. The zero-order chi connectivity index (χ0) is 23.9. The van der Waals surface area contributed by atoms with E-state index in [9.17, 15) is 13.6 Å². The number of ether oxygens (including phenoxy) is 2. The van der Waals surface area contributed by atoms with Crippen LogP contribution >= 0.6 is 0 Å². The van der Waals surface area contributed by atoms with E-state index in [0.29, 0.717) is 5.88 Å². The van der Waals surface area contributed by atoms with Crippen molar-refractivity contribution in [3.8, 4) is 5.88 Å². The minimum atomic E-state index is -0.616. The van der Waals surface area contributed by atoms with Crippen LogP contribution in [0.15, 0.2) is 48.8 Å². The van der Waals surface area contributed by atoms with Gasteiger partial charge in [0.25, 0.3) is 0 Å². The number of aromatic nitrogens is 2. The van der Waals surface area contributed by atoms with Gasteiger partial charge >= 0.3 is 6.09 Å². The summed E-state index contributed by atoms with van der Waals surface area (Å²) in [4.78, 5) is 23.3. The predicted molar refractivity (Wildman–Crippen MR) is 124 cm³/mol. The Hall–Kier alpha value is -3.59. The zero-order valence-corrected chi connectivity index (χ0v) is 18.8. The maximum absolute atomic E-state index is 13.6. The molecule has 1 N–H and O–H groups in total. The lowest BCUT2D eigenvalue weighted by Crippen LogP contribution is -2.39. The number of hydrogen-bond acceptors (Lipinski definition) is 6. The Bertz CT molecular complexity index is 1180. The van der Waals surface area contributed by atoms with Crippen LogP contribution in [0.5, 0.6) is 5.88 Å². The fourth-order valence-corrected chi connectivity index (χ4v) is 3.93. The largest absolute Gasteiger partial charge is 0.481 e. The molecular formula is C25H26F2N4O3. The smallest absolute Gasteiger partial charge is 0.411 e. The maximum atomic E-state index is 13.6. The van der Waals surface area contributed by atoms with Crippen molar-refractivity contribution in [2.75, 3.05) is 26.7 Å². The van der Waals surface area contributed by atoms with Crippen LogP contribution in [-0.2, 0) is 11.2 Å². The summed E-state index contributed by atoms with van der Waals surface area (Å²) < 4.78 is 37.5. The molecule has 1 aromatic carbocycles. The summed E-state index contributed by atoms with van der Waals surface area (Å²) in [6.07, 6.45) is 5.79. The van der Waals surface area contributed by atoms with Crippen LogP contribution in [-0.4, -0.2) is 53.8 Å². The number of rotatable bonds is 7. The Balaban J connectivity index is 1.22. The van der Waals surface area contributed by atoms with Gasteiger partial charge in [0, 0.05) is 43.7 Å². The lowest BCUT2D eigenvalue weighted by atomic mass is 10.1. The first kappa shape index (κ1) is 23.6. The number of hydrogen-bond donors (Lipinski definition) is 1. The van der Waals surface area contributed by atoms with Gasteiger partial charge < -0.3 is 14.4 Å². The number of alkyl carbamates (subject to hydrolysis) is 1. The maximum Gasteiger partial charge on any atom is 0.411 e. The first-order valence-corrected chi connectivity index (χ1v) is 11.1. The molecule has 0 aliphatic carbocycles. The van der Waals surface area contributed by atoms with E-state index < -0.39 is 17.7 Å². The number of carbonyl (C=O) groups excluding carboxylic acids is 1. The second-order valence-electron chi connectivity index (χ2n) is 8.03. The number of methoxy groups -OCH3 is 1. The van der Waals surface area contributed by atoms with Gasteiger partial charge in [0.15, 0.2) is 0 Å². The lowest BCUT2D eigenvalue weighted by Gasteiger charge is -2.31. The third-order valence-corrected chi connectivity index (χ3v) is 5.78. The number of nitrogens with zero attached hydrogens (tertiary/aromatic N) is 3. The van der Waals surface area contributed by atoms with Crippen LogP contribution in [0.1, 0.15) is 24.0 Å². The third-order valence-electron chi connectivity index (χ3n) is 5.78. The highest BCUT2D eigenvalue weighted by Gasteiger charge is 2.22. The summed E-state index contributed by atoms with van der Waals surface area (Å²) in [5.41, 5.74) is 2.85. The van der Waals surface area contributed by atoms with Crippen molar-refractivity contribution in [3.05, 3.63) is 71.6 Å². The normalized spacial score (nSPS) is 15.0. The Labute approximate surface area is 196 Å². The number of piperidine rings is 1. The Morgan fingerprint density at radius 1 is 1.21 bits per heavy atom. The molecular weight excluding hydrogens is 442 g/mol. The van der Waals surface area contributed by atoms with Gasteiger partial charge in [-0.2, -0.15) is 0 Å². The topological polar surface area (TPSA) is 76.6 Å². The molecule has 1 fully saturated rings. The number of nitrogens with one attached hydrogen (secondary N) is 1. The predicted octanol–water partition coefficient (Wildman–Crippen LogP) is 4.32. The molecule has 1 aliphatic heterocycles. The molecule has 3 aromatic rings. The van der Waals surface area contributed by atoms with Crippen LogP contribution in [0, 0.1) is 11.6 Å². The molecule has 0 unspecified atom stereocenters. The van der Waals surface area contributed by atoms with Crippen LogP contribution in [0.4, 0.5) is 13.6 Å². The molecule has 9 heteroatoms. The van der Waals surface area contributed by atoms with Gasteiger partial charge in [-0.05, 0) is 61.2 Å². The van der Waals surface area contributed by atoms with Gasteiger partial charge in [-0.3, -0.25) is 10.3 Å². The molecule has 178 valence electrons. The van der Waals surface area contributed by atoms with Crippen molar-refractivity contribution in [2.45, 2.75) is 25.4 Å². The molecule has 2 aromatic heterocycles. The first-order chi connectivity index (χ1) is 16.5.